The molecule has 5 rings (SSSR count). The third kappa shape index (κ3) is 7.25. The molecule has 0 spiro atoms. The molecule has 1 heterocycles. The van der Waals surface area contributed by atoms with Crippen molar-refractivity contribution >= 4 is 46.9 Å². The average Bonchev–Trinajstić information content (AvgIpc) is 3.48. The van der Waals surface area contributed by atoms with Crippen molar-refractivity contribution in [2.24, 2.45) is 0 Å². The minimum Gasteiger partial charge on any atom is -0.497 e. The summed E-state index contributed by atoms with van der Waals surface area (Å²) in [4.78, 5) is 42.3. The van der Waals surface area contributed by atoms with Crippen molar-refractivity contribution in [3.05, 3.63) is 119 Å². The minimum atomic E-state index is -0.527. The lowest BCUT2D eigenvalue weighted by atomic mass is 10.1. The van der Waals surface area contributed by atoms with Gasteiger partial charge in [-0.3, -0.25) is 14.4 Å². The van der Waals surface area contributed by atoms with E-state index >= 15 is 0 Å². The van der Waals surface area contributed by atoms with Gasteiger partial charge in [-0.25, -0.2) is 0 Å². The average molecular weight is 594 g/mol. The first-order chi connectivity index (χ1) is 20.9. The van der Waals surface area contributed by atoms with Crippen LogP contribution in [0.25, 0.3) is 6.08 Å². The highest BCUT2D eigenvalue weighted by Gasteiger charge is 2.24. The summed E-state index contributed by atoms with van der Waals surface area (Å²) in [5.41, 5.74) is 3.64. The Balaban J connectivity index is 1.33. The van der Waals surface area contributed by atoms with Crippen LogP contribution in [0.4, 0.5) is 11.4 Å². The van der Waals surface area contributed by atoms with Crippen molar-refractivity contribution in [2.45, 2.75) is 11.3 Å². The number of carbonyl (C=O) groups is 3. The second kappa shape index (κ2) is 13.8. The number of fused-ring (bicyclic) bond motifs is 1. The summed E-state index contributed by atoms with van der Waals surface area (Å²) in [5, 5.41) is 5.62. The first kappa shape index (κ1) is 29.5. The van der Waals surface area contributed by atoms with Crippen LogP contribution in [-0.2, 0) is 16.0 Å². The maximum Gasteiger partial charge on any atom is 0.272 e. The first-order valence-corrected chi connectivity index (χ1v) is 14.7. The summed E-state index contributed by atoms with van der Waals surface area (Å²) >= 11 is 1.40. The van der Waals surface area contributed by atoms with Crippen molar-refractivity contribution in [1.29, 1.82) is 0 Å². The van der Waals surface area contributed by atoms with Crippen LogP contribution in [0.3, 0.4) is 0 Å². The second-order valence-corrected chi connectivity index (χ2v) is 10.7. The number of ether oxygens (including phenoxy) is 2. The van der Waals surface area contributed by atoms with Gasteiger partial charge in [-0.15, -0.1) is 11.8 Å². The minimum absolute atomic E-state index is 0.0151. The molecule has 1 aliphatic heterocycles. The van der Waals surface area contributed by atoms with Crippen LogP contribution in [0.5, 0.6) is 11.5 Å². The quantitative estimate of drug-likeness (QED) is 0.178. The highest BCUT2D eigenvalue weighted by Crippen LogP contribution is 2.30. The third-order valence-corrected chi connectivity index (χ3v) is 7.89. The van der Waals surface area contributed by atoms with Crippen molar-refractivity contribution in [1.82, 2.24) is 5.32 Å². The van der Waals surface area contributed by atoms with E-state index in [2.05, 4.69) is 16.7 Å². The zero-order valence-corrected chi connectivity index (χ0v) is 24.6. The molecule has 0 radical (unpaired) electrons. The highest BCUT2D eigenvalue weighted by molar-refractivity contribution is 8.00. The molecule has 0 atom stereocenters. The van der Waals surface area contributed by atoms with Crippen LogP contribution >= 0.6 is 11.8 Å². The molecular formula is C34H31N3O5S. The monoisotopic (exact) mass is 593 g/mol. The first-order valence-electron chi connectivity index (χ1n) is 13.7. The molecule has 2 N–H and O–H groups in total. The Labute approximate surface area is 254 Å². The molecule has 0 unspecified atom stereocenters. The van der Waals surface area contributed by atoms with E-state index < -0.39 is 11.8 Å². The van der Waals surface area contributed by atoms with E-state index in [-0.39, 0.29) is 17.4 Å². The molecule has 3 amide bonds. The summed E-state index contributed by atoms with van der Waals surface area (Å²) in [6.45, 7) is 0.677. The summed E-state index contributed by atoms with van der Waals surface area (Å²) in [6.07, 6.45) is 2.40. The van der Waals surface area contributed by atoms with Crippen LogP contribution in [0.2, 0.25) is 0 Å². The molecule has 0 aromatic heterocycles. The molecule has 43 heavy (non-hydrogen) atoms. The van der Waals surface area contributed by atoms with Gasteiger partial charge in [0, 0.05) is 33.9 Å². The maximum atomic E-state index is 13.6. The molecular weight excluding hydrogens is 562 g/mol. The Morgan fingerprint density at radius 3 is 2.47 bits per heavy atom. The molecule has 1 aliphatic rings. The van der Waals surface area contributed by atoms with Crippen molar-refractivity contribution in [3.63, 3.8) is 0 Å². The summed E-state index contributed by atoms with van der Waals surface area (Å²) in [5.74, 6) is 0.406. The summed E-state index contributed by atoms with van der Waals surface area (Å²) in [6, 6.07) is 29.0. The van der Waals surface area contributed by atoms with Gasteiger partial charge in [-0.05, 0) is 72.7 Å². The fraction of sp³-hybridized carbons (Fsp3) is 0.147. The van der Waals surface area contributed by atoms with Gasteiger partial charge in [0.25, 0.3) is 11.8 Å². The Morgan fingerprint density at radius 1 is 0.884 bits per heavy atom. The molecule has 0 bridgehead atoms. The van der Waals surface area contributed by atoms with Crippen LogP contribution < -0.4 is 25.0 Å². The normalized spacial score (nSPS) is 12.3. The fourth-order valence-corrected chi connectivity index (χ4v) is 5.56. The van der Waals surface area contributed by atoms with Gasteiger partial charge in [-0.1, -0.05) is 42.5 Å². The van der Waals surface area contributed by atoms with Crippen molar-refractivity contribution in [2.75, 3.05) is 36.7 Å². The van der Waals surface area contributed by atoms with E-state index in [4.69, 9.17) is 9.47 Å². The highest BCUT2D eigenvalue weighted by atomic mass is 32.2. The van der Waals surface area contributed by atoms with Gasteiger partial charge in [0.15, 0.2) is 0 Å². The Morgan fingerprint density at radius 2 is 1.67 bits per heavy atom. The number of benzene rings is 4. The van der Waals surface area contributed by atoms with E-state index in [0.29, 0.717) is 34.9 Å². The number of hydrogen-bond donors (Lipinski definition) is 2. The Kier molecular flexibility index (Phi) is 9.43. The molecule has 0 saturated heterocycles. The second-order valence-electron chi connectivity index (χ2n) is 9.68. The molecule has 9 heteroatoms. The number of thioether (sulfide) groups is 1. The number of carbonyl (C=O) groups excluding carboxylic acids is 3. The van der Waals surface area contributed by atoms with E-state index in [9.17, 15) is 14.4 Å². The van der Waals surface area contributed by atoms with Gasteiger partial charge in [0.2, 0.25) is 5.91 Å². The predicted molar refractivity (Wildman–Crippen MR) is 170 cm³/mol. The van der Waals surface area contributed by atoms with Crippen LogP contribution in [0.15, 0.2) is 108 Å². The van der Waals surface area contributed by atoms with Crippen LogP contribution in [0, 0.1) is 0 Å². The maximum absolute atomic E-state index is 13.6. The van der Waals surface area contributed by atoms with Crippen LogP contribution in [0.1, 0.15) is 21.5 Å². The van der Waals surface area contributed by atoms with Crippen LogP contribution in [-0.4, -0.2) is 44.2 Å². The number of hydrogen-bond acceptors (Lipinski definition) is 6. The van der Waals surface area contributed by atoms with E-state index in [0.717, 1.165) is 17.0 Å². The van der Waals surface area contributed by atoms with Crippen molar-refractivity contribution in [3.8, 4) is 11.5 Å². The standard InChI is InChI=1S/C34H31N3O5S/c1-41-27-15-16-31(42-2)25(19-27)20-29(36-33(39)24-10-4-3-5-11-24)34(40)35-26-12-8-13-28(21-26)43-22-32(38)37-18-17-23-9-6-7-14-30(23)37/h3-16,19-21H,17-18,22H2,1-2H3,(H,35,40)(H,36,39)/b29-20-. The van der Waals surface area contributed by atoms with E-state index in [1.54, 1.807) is 67.8 Å². The lowest BCUT2D eigenvalue weighted by Crippen LogP contribution is -2.30. The number of nitrogens with zero attached hydrogens (tertiary/aromatic N) is 1. The SMILES string of the molecule is COc1ccc(OC)c(/C=C(\NC(=O)c2ccccc2)C(=O)Nc2cccc(SCC(=O)N3CCc4ccccc43)c2)c1. The zero-order valence-electron chi connectivity index (χ0n) is 23.8. The predicted octanol–water partition coefficient (Wildman–Crippen LogP) is 5.79. The molecule has 0 aliphatic carbocycles. The Hall–Kier alpha value is -5.02. The molecule has 0 saturated carbocycles. The molecule has 4 aromatic rings. The lowest BCUT2D eigenvalue weighted by molar-refractivity contribution is -0.116. The summed E-state index contributed by atoms with van der Waals surface area (Å²) in [7, 11) is 3.07. The van der Waals surface area contributed by atoms with Gasteiger partial charge >= 0.3 is 0 Å². The fourth-order valence-electron chi connectivity index (χ4n) is 4.73. The number of rotatable bonds is 10. The largest absolute Gasteiger partial charge is 0.497 e. The molecule has 0 fully saturated rings. The summed E-state index contributed by atoms with van der Waals surface area (Å²) < 4.78 is 10.8. The topological polar surface area (TPSA) is 97.0 Å². The van der Waals surface area contributed by atoms with Gasteiger partial charge in [-0.2, -0.15) is 0 Å². The van der Waals surface area contributed by atoms with Crippen molar-refractivity contribution < 1.29 is 23.9 Å². The third-order valence-electron chi connectivity index (χ3n) is 6.91. The number of para-hydroxylation sites is 1. The van der Waals surface area contributed by atoms with E-state index in [1.165, 1.54) is 24.4 Å². The number of nitrogens with one attached hydrogen (secondary N) is 2. The smallest absolute Gasteiger partial charge is 0.272 e. The number of anilines is 2. The zero-order chi connectivity index (χ0) is 30.2. The number of amides is 3. The molecule has 218 valence electrons. The molecule has 4 aromatic carbocycles. The van der Waals surface area contributed by atoms with E-state index in [1.807, 2.05) is 41.3 Å². The number of methoxy groups -OCH3 is 2. The lowest BCUT2D eigenvalue weighted by Gasteiger charge is -2.17. The van der Waals surface area contributed by atoms with Gasteiger partial charge in [0.05, 0.1) is 20.0 Å². The Bertz CT molecular complexity index is 1670. The molecule has 8 nitrogen and oxygen atoms in total. The van der Waals surface area contributed by atoms with Gasteiger partial charge < -0.3 is 25.0 Å². The van der Waals surface area contributed by atoms with Gasteiger partial charge in [0.1, 0.15) is 17.2 Å².